The van der Waals surface area contributed by atoms with Crippen LogP contribution in [0.2, 0.25) is 0 Å². The van der Waals surface area contributed by atoms with Crippen molar-refractivity contribution in [3.8, 4) is 17.6 Å². The first-order valence-corrected chi connectivity index (χ1v) is 8.47. The number of nitrogens with zero attached hydrogens (tertiary/aromatic N) is 8. The molecule has 28 heavy (non-hydrogen) atoms. The molecule has 0 unspecified atom stereocenters. The fraction of sp³-hybridized carbons (Fsp3) is 0.0526. The van der Waals surface area contributed by atoms with E-state index in [-0.39, 0.29) is 5.56 Å². The highest BCUT2D eigenvalue weighted by Gasteiger charge is 2.20. The Hall–Kier alpha value is -4.32. The van der Waals surface area contributed by atoms with E-state index in [2.05, 4.69) is 20.3 Å². The summed E-state index contributed by atoms with van der Waals surface area (Å²) in [5.41, 5.74) is 3.20. The Kier molecular flexibility index (Phi) is 3.48. The molecule has 0 bridgehead atoms. The normalized spacial score (nSPS) is 11.1. The predicted octanol–water partition coefficient (Wildman–Crippen LogP) is 1.68. The lowest BCUT2D eigenvalue weighted by Crippen LogP contribution is -2.24. The number of hydrogen-bond donors (Lipinski definition) is 0. The summed E-state index contributed by atoms with van der Waals surface area (Å²) in [6, 6.07) is 13.2. The molecule has 0 amide bonds. The second-order valence-electron chi connectivity index (χ2n) is 6.14. The van der Waals surface area contributed by atoms with E-state index in [1.165, 1.54) is 6.20 Å². The number of hydrogen-bond acceptors (Lipinski definition) is 6. The quantitative estimate of drug-likeness (QED) is 0.480. The van der Waals surface area contributed by atoms with Gasteiger partial charge in [-0.1, -0.05) is 23.4 Å². The molecule has 5 aromatic rings. The molecule has 0 N–H and O–H groups in total. The summed E-state index contributed by atoms with van der Waals surface area (Å²) in [6.07, 6.45) is 6.61. The molecule has 0 fully saturated rings. The molecular weight excluding hydrogens is 356 g/mol. The molecule has 4 aromatic heterocycles. The van der Waals surface area contributed by atoms with Gasteiger partial charge in [-0.2, -0.15) is 5.26 Å². The fourth-order valence-corrected chi connectivity index (χ4v) is 3.34. The van der Waals surface area contributed by atoms with Gasteiger partial charge in [-0.25, -0.2) is 4.98 Å². The SMILES string of the molecule is N#Cn1nncc1-c1ncn2c1c(=O)n(Cc1ccccn1)c1ccccc12. The van der Waals surface area contributed by atoms with Gasteiger partial charge in [0.2, 0.25) is 6.19 Å². The number of aromatic nitrogens is 7. The van der Waals surface area contributed by atoms with Gasteiger partial charge < -0.3 is 0 Å². The minimum absolute atomic E-state index is 0.234. The van der Waals surface area contributed by atoms with Crippen LogP contribution >= 0.6 is 0 Å². The highest BCUT2D eigenvalue weighted by molar-refractivity contribution is 5.84. The molecule has 0 saturated carbocycles. The number of pyridine rings is 1. The average molecular weight is 368 g/mol. The average Bonchev–Trinajstić information content (AvgIpc) is 3.38. The van der Waals surface area contributed by atoms with E-state index >= 15 is 0 Å². The van der Waals surface area contributed by atoms with Crippen LogP contribution in [0.1, 0.15) is 5.69 Å². The van der Waals surface area contributed by atoms with Crippen molar-refractivity contribution in [1.29, 1.82) is 5.26 Å². The summed E-state index contributed by atoms with van der Waals surface area (Å²) in [5.74, 6) is 0. The summed E-state index contributed by atoms with van der Waals surface area (Å²) < 4.78 is 4.44. The summed E-state index contributed by atoms with van der Waals surface area (Å²) in [4.78, 5) is 22.2. The number of benzene rings is 1. The van der Waals surface area contributed by atoms with Gasteiger partial charge in [0.05, 0.1) is 29.5 Å². The maximum atomic E-state index is 13.5. The van der Waals surface area contributed by atoms with E-state index in [4.69, 9.17) is 0 Å². The summed E-state index contributed by atoms with van der Waals surface area (Å²) in [6.45, 7) is 0.317. The number of nitriles is 1. The van der Waals surface area contributed by atoms with Crippen molar-refractivity contribution >= 4 is 16.6 Å². The summed E-state index contributed by atoms with van der Waals surface area (Å²) in [7, 11) is 0. The van der Waals surface area contributed by atoms with Crippen molar-refractivity contribution in [2.75, 3.05) is 0 Å². The van der Waals surface area contributed by atoms with Crippen LogP contribution in [0, 0.1) is 11.5 Å². The standard InChI is InChI=1S/C19H12N8O/c20-11-27-16(9-23-24-27)17-18-19(28)25(10-13-5-3-4-8-21-13)14-6-1-2-7-15(14)26(18)12-22-17/h1-9,12H,10H2. The first-order valence-electron chi connectivity index (χ1n) is 8.47. The Morgan fingerprint density at radius 2 is 1.86 bits per heavy atom. The first-order chi connectivity index (χ1) is 13.8. The van der Waals surface area contributed by atoms with Crippen molar-refractivity contribution in [3.05, 3.63) is 77.2 Å². The molecule has 0 spiro atoms. The van der Waals surface area contributed by atoms with Gasteiger partial charge in [-0.3, -0.25) is 18.7 Å². The fourth-order valence-electron chi connectivity index (χ4n) is 3.34. The second kappa shape index (κ2) is 6.14. The molecule has 0 aliphatic heterocycles. The smallest absolute Gasteiger partial charge is 0.278 e. The molecule has 4 heterocycles. The topological polar surface area (TPSA) is 107 Å². The zero-order valence-corrected chi connectivity index (χ0v) is 14.5. The van der Waals surface area contributed by atoms with Crippen LogP contribution in [-0.2, 0) is 6.54 Å². The Labute approximate surface area is 157 Å². The number of para-hydroxylation sites is 2. The molecule has 5 rings (SSSR count). The van der Waals surface area contributed by atoms with Crippen LogP contribution in [0.4, 0.5) is 0 Å². The summed E-state index contributed by atoms with van der Waals surface area (Å²) in [5, 5.41) is 16.7. The maximum absolute atomic E-state index is 13.5. The predicted molar refractivity (Wildman–Crippen MR) is 100 cm³/mol. The number of imidazole rings is 1. The van der Waals surface area contributed by atoms with Gasteiger partial charge in [0.25, 0.3) is 5.56 Å². The van der Waals surface area contributed by atoms with E-state index < -0.39 is 0 Å². The Balaban J connectivity index is 1.86. The zero-order valence-electron chi connectivity index (χ0n) is 14.5. The van der Waals surface area contributed by atoms with E-state index in [1.807, 2.05) is 48.7 Å². The molecule has 9 heteroatoms. The number of fused-ring (bicyclic) bond motifs is 3. The third-order valence-corrected chi connectivity index (χ3v) is 4.58. The lowest BCUT2D eigenvalue weighted by Gasteiger charge is -2.12. The Morgan fingerprint density at radius 1 is 1.04 bits per heavy atom. The molecule has 0 aliphatic carbocycles. The van der Waals surface area contributed by atoms with Gasteiger partial charge in [0, 0.05) is 6.20 Å². The highest BCUT2D eigenvalue weighted by atomic mass is 16.1. The van der Waals surface area contributed by atoms with Crippen LogP contribution in [0.3, 0.4) is 0 Å². The molecule has 0 saturated heterocycles. The van der Waals surface area contributed by atoms with Crippen molar-refractivity contribution in [1.82, 2.24) is 33.9 Å². The van der Waals surface area contributed by atoms with Crippen LogP contribution in [0.5, 0.6) is 0 Å². The lowest BCUT2D eigenvalue weighted by atomic mass is 10.2. The van der Waals surface area contributed by atoms with Crippen molar-refractivity contribution in [2.24, 2.45) is 0 Å². The molecule has 0 radical (unpaired) electrons. The molecule has 0 aliphatic rings. The lowest BCUT2D eigenvalue weighted by molar-refractivity contribution is 0.770. The highest BCUT2D eigenvalue weighted by Crippen LogP contribution is 2.23. The number of rotatable bonds is 3. The molecule has 9 nitrogen and oxygen atoms in total. The second-order valence-corrected chi connectivity index (χ2v) is 6.14. The Morgan fingerprint density at radius 3 is 2.64 bits per heavy atom. The van der Waals surface area contributed by atoms with Gasteiger partial charge >= 0.3 is 0 Å². The first kappa shape index (κ1) is 15.9. The van der Waals surface area contributed by atoms with Gasteiger partial charge in [-0.15, -0.1) is 9.78 Å². The van der Waals surface area contributed by atoms with Crippen LogP contribution in [0.15, 0.2) is 66.0 Å². The monoisotopic (exact) mass is 368 g/mol. The summed E-state index contributed by atoms with van der Waals surface area (Å²) >= 11 is 0. The van der Waals surface area contributed by atoms with Crippen molar-refractivity contribution < 1.29 is 0 Å². The van der Waals surface area contributed by atoms with Gasteiger partial charge in [0.1, 0.15) is 23.2 Å². The minimum atomic E-state index is -0.234. The van der Waals surface area contributed by atoms with Gasteiger partial charge in [0.15, 0.2) is 0 Å². The van der Waals surface area contributed by atoms with Crippen molar-refractivity contribution in [3.63, 3.8) is 0 Å². The van der Waals surface area contributed by atoms with E-state index in [1.54, 1.807) is 21.5 Å². The maximum Gasteiger partial charge on any atom is 0.278 e. The van der Waals surface area contributed by atoms with Crippen LogP contribution < -0.4 is 5.56 Å². The van der Waals surface area contributed by atoms with E-state index in [9.17, 15) is 10.1 Å². The van der Waals surface area contributed by atoms with Crippen LogP contribution in [0.25, 0.3) is 27.9 Å². The third kappa shape index (κ3) is 2.29. The molecule has 1 aromatic carbocycles. The Bertz CT molecular complexity index is 1420. The third-order valence-electron chi connectivity index (χ3n) is 4.58. The molecule has 134 valence electrons. The van der Waals surface area contributed by atoms with E-state index in [0.29, 0.717) is 23.4 Å². The minimum Gasteiger partial charge on any atom is -0.299 e. The van der Waals surface area contributed by atoms with Crippen molar-refractivity contribution in [2.45, 2.75) is 6.54 Å². The van der Waals surface area contributed by atoms with E-state index in [0.717, 1.165) is 21.4 Å². The largest absolute Gasteiger partial charge is 0.299 e. The zero-order chi connectivity index (χ0) is 19.1. The van der Waals surface area contributed by atoms with Gasteiger partial charge in [-0.05, 0) is 24.3 Å². The molecule has 0 atom stereocenters. The van der Waals surface area contributed by atoms with Crippen LogP contribution in [-0.4, -0.2) is 33.9 Å². The molecular formula is C19H12N8O.